The van der Waals surface area contributed by atoms with Crippen LogP contribution in [-0.4, -0.2) is 13.1 Å². The summed E-state index contributed by atoms with van der Waals surface area (Å²) in [6.45, 7) is 12.1. The minimum absolute atomic E-state index is 1.09. The van der Waals surface area contributed by atoms with Crippen LogP contribution in [0.3, 0.4) is 0 Å². The lowest BCUT2D eigenvalue weighted by molar-refractivity contribution is 0.762. The highest BCUT2D eigenvalue weighted by molar-refractivity contribution is 5.46. The van der Waals surface area contributed by atoms with E-state index in [-0.39, 0.29) is 0 Å². The van der Waals surface area contributed by atoms with E-state index in [2.05, 4.69) is 56.9 Å². The molecule has 0 spiro atoms. The zero-order valence-corrected chi connectivity index (χ0v) is 9.51. The predicted octanol–water partition coefficient (Wildman–Crippen LogP) is 3.25. The summed E-state index contributed by atoms with van der Waals surface area (Å²) in [5.41, 5.74) is 2.47. The van der Waals surface area contributed by atoms with Crippen LogP contribution >= 0.6 is 0 Å². The summed E-state index contributed by atoms with van der Waals surface area (Å²) in [5, 5.41) is 3.11. The van der Waals surface area contributed by atoms with E-state index in [1.165, 1.54) is 11.1 Å². The Labute approximate surface area is 87.9 Å². The van der Waals surface area contributed by atoms with Crippen molar-refractivity contribution in [2.75, 3.05) is 13.1 Å². The minimum Gasteiger partial charge on any atom is -0.317 e. The Bertz CT molecular complexity index is 234. The molecule has 0 aromatic heterocycles. The molecule has 14 heavy (non-hydrogen) atoms. The van der Waals surface area contributed by atoms with Crippen LogP contribution in [0.2, 0.25) is 0 Å². The van der Waals surface area contributed by atoms with Crippen molar-refractivity contribution in [1.29, 1.82) is 0 Å². The van der Waals surface area contributed by atoms with Crippen molar-refractivity contribution in [1.82, 2.24) is 5.32 Å². The molecule has 0 amide bonds. The molecule has 0 fully saturated rings. The summed E-state index contributed by atoms with van der Waals surface area (Å²) in [5.74, 6) is 0. The second-order valence-corrected chi connectivity index (χ2v) is 3.07. The molecule has 0 aliphatic carbocycles. The molecule has 1 heteroatoms. The monoisotopic (exact) mass is 191 g/mol. The summed E-state index contributed by atoms with van der Waals surface area (Å²) in [6, 6.07) is 8.28. The molecule has 0 radical (unpaired) electrons. The highest BCUT2D eigenvalue weighted by Gasteiger charge is 1.82. The van der Waals surface area contributed by atoms with Crippen molar-refractivity contribution < 1.29 is 0 Å². The molecular weight excluding hydrogens is 170 g/mol. The fraction of sp³-hybridized carbons (Fsp3) is 0.385. The molecular formula is C13H21N. The van der Waals surface area contributed by atoms with Gasteiger partial charge in [-0.2, -0.15) is 0 Å². The van der Waals surface area contributed by atoms with Crippen LogP contribution in [0.4, 0.5) is 0 Å². The maximum atomic E-state index is 3.66. The van der Waals surface area contributed by atoms with Crippen LogP contribution in [0.15, 0.2) is 30.8 Å². The van der Waals surface area contributed by atoms with E-state index < -0.39 is 0 Å². The average molecular weight is 191 g/mol. The minimum atomic E-state index is 1.09. The van der Waals surface area contributed by atoms with Gasteiger partial charge in [-0.05, 0) is 25.6 Å². The van der Waals surface area contributed by atoms with Gasteiger partial charge in [0, 0.05) is 0 Å². The molecule has 1 aromatic rings. The van der Waals surface area contributed by atoms with Crippen molar-refractivity contribution in [3.63, 3.8) is 0 Å². The highest BCUT2D eigenvalue weighted by atomic mass is 14.8. The first-order chi connectivity index (χ1) is 6.74. The van der Waals surface area contributed by atoms with E-state index in [4.69, 9.17) is 0 Å². The van der Waals surface area contributed by atoms with Crippen LogP contribution in [-0.2, 0) is 0 Å². The largest absolute Gasteiger partial charge is 0.317 e. The van der Waals surface area contributed by atoms with Gasteiger partial charge in [-0.1, -0.05) is 56.3 Å². The molecule has 0 unspecified atom stereocenters. The third-order valence-electron chi connectivity index (χ3n) is 1.81. The van der Waals surface area contributed by atoms with Gasteiger partial charge in [0.05, 0.1) is 0 Å². The van der Waals surface area contributed by atoms with E-state index in [0.29, 0.717) is 0 Å². The molecule has 78 valence electrons. The Morgan fingerprint density at radius 2 is 1.64 bits per heavy atom. The van der Waals surface area contributed by atoms with Gasteiger partial charge >= 0.3 is 0 Å². The van der Waals surface area contributed by atoms with E-state index in [9.17, 15) is 0 Å². The first kappa shape index (κ1) is 12.9. The Balaban J connectivity index is 0.000000292. The second kappa shape index (κ2) is 8.52. The molecule has 1 N–H and O–H groups in total. The quantitative estimate of drug-likeness (QED) is 0.773. The zero-order chi connectivity index (χ0) is 10.8. The van der Waals surface area contributed by atoms with E-state index in [1.807, 2.05) is 6.08 Å². The lowest BCUT2D eigenvalue weighted by Crippen LogP contribution is -2.09. The summed E-state index contributed by atoms with van der Waals surface area (Å²) in [7, 11) is 0. The van der Waals surface area contributed by atoms with Crippen LogP contribution in [0.1, 0.15) is 25.0 Å². The number of hydrogen-bond donors (Lipinski definition) is 1. The zero-order valence-electron chi connectivity index (χ0n) is 9.51. The number of benzene rings is 1. The van der Waals surface area contributed by atoms with E-state index in [1.54, 1.807) is 0 Å². The van der Waals surface area contributed by atoms with Gasteiger partial charge in [0.1, 0.15) is 0 Å². The van der Waals surface area contributed by atoms with Gasteiger partial charge in [0.15, 0.2) is 0 Å². The van der Waals surface area contributed by atoms with Gasteiger partial charge in [0.2, 0.25) is 0 Å². The van der Waals surface area contributed by atoms with E-state index >= 15 is 0 Å². The molecule has 0 bridgehead atoms. The Hall–Kier alpha value is -1.08. The first-order valence-corrected chi connectivity index (χ1v) is 5.14. The number of aryl methyl sites for hydroxylation is 1. The second-order valence-electron chi connectivity index (χ2n) is 3.07. The Morgan fingerprint density at radius 1 is 1.14 bits per heavy atom. The lowest BCUT2D eigenvalue weighted by atomic mass is 10.2. The molecule has 0 aliphatic rings. The molecule has 1 rings (SSSR count). The van der Waals surface area contributed by atoms with Crippen LogP contribution in [0.25, 0.3) is 6.08 Å². The molecule has 1 nitrogen and oxygen atoms in total. The molecule has 0 aliphatic heterocycles. The summed E-state index contributed by atoms with van der Waals surface area (Å²) in [6.07, 6.45) is 1.85. The Kier molecular flexibility index (Phi) is 7.86. The predicted molar refractivity (Wildman–Crippen MR) is 65.5 cm³/mol. The first-order valence-electron chi connectivity index (χ1n) is 5.14. The molecule has 0 atom stereocenters. The molecule has 1 aromatic carbocycles. The fourth-order valence-corrected chi connectivity index (χ4v) is 0.953. The van der Waals surface area contributed by atoms with Gasteiger partial charge in [-0.15, -0.1) is 0 Å². The third kappa shape index (κ3) is 6.44. The SMILES string of the molecule is C=Cc1ccc(C)cc1.CCNCC. The average Bonchev–Trinajstić information content (AvgIpc) is 2.21. The summed E-state index contributed by atoms with van der Waals surface area (Å²) >= 11 is 0. The van der Waals surface area contributed by atoms with Gasteiger partial charge in [-0.3, -0.25) is 0 Å². The normalized spacial score (nSPS) is 8.79. The van der Waals surface area contributed by atoms with Crippen LogP contribution in [0.5, 0.6) is 0 Å². The smallest absolute Gasteiger partial charge is 0.00775 e. The molecule has 0 saturated carbocycles. The van der Waals surface area contributed by atoms with Crippen molar-refractivity contribution in [3.05, 3.63) is 42.0 Å². The lowest BCUT2D eigenvalue weighted by Gasteiger charge is -1.91. The fourth-order valence-electron chi connectivity index (χ4n) is 0.953. The van der Waals surface area contributed by atoms with Crippen LogP contribution in [0, 0.1) is 6.92 Å². The standard InChI is InChI=1S/C9H10.C4H11N/c1-3-9-6-4-8(2)5-7-9;1-3-5-4-2/h3-7H,1H2,2H3;5H,3-4H2,1-2H3. The number of nitrogens with one attached hydrogen (secondary N) is 1. The third-order valence-corrected chi connectivity index (χ3v) is 1.81. The molecule has 0 saturated heterocycles. The van der Waals surface area contributed by atoms with Crippen molar-refractivity contribution in [2.24, 2.45) is 0 Å². The van der Waals surface area contributed by atoms with Crippen molar-refractivity contribution in [2.45, 2.75) is 20.8 Å². The van der Waals surface area contributed by atoms with Crippen LogP contribution < -0.4 is 5.32 Å². The topological polar surface area (TPSA) is 12.0 Å². The van der Waals surface area contributed by atoms with Crippen molar-refractivity contribution >= 4 is 6.08 Å². The van der Waals surface area contributed by atoms with Gasteiger partial charge in [0.25, 0.3) is 0 Å². The van der Waals surface area contributed by atoms with Gasteiger partial charge < -0.3 is 5.32 Å². The summed E-state index contributed by atoms with van der Waals surface area (Å²) < 4.78 is 0. The number of rotatable bonds is 3. The van der Waals surface area contributed by atoms with Gasteiger partial charge in [-0.25, -0.2) is 0 Å². The van der Waals surface area contributed by atoms with Crippen molar-refractivity contribution in [3.8, 4) is 0 Å². The molecule has 0 heterocycles. The summed E-state index contributed by atoms with van der Waals surface area (Å²) in [4.78, 5) is 0. The van der Waals surface area contributed by atoms with E-state index in [0.717, 1.165) is 13.1 Å². The maximum absolute atomic E-state index is 3.66. The Morgan fingerprint density at radius 3 is 1.93 bits per heavy atom. The maximum Gasteiger partial charge on any atom is -0.00775 e. The number of hydrogen-bond acceptors (Lipinski definition) is 1. The highest BCUT2D eigenvalue weighted by Crippen LogP contribution is 2.02.